The predicted octanol–water partition coefficient (Wildman–Crippen LogP) is 1.70. The van der Waals surface area contributed by atoms with Gasteiger partial charge in [-0.2, -0.15) is 12.8 Å². The summed E-state index contributed by atoms with van der Waals surface area (Å²) in [6, 6.07) is 2.93. The maximum Gasteiger partial charge on any atom is 0.267 e. The lowest BCUT2D eigenvalue weighted by Crippen LogP contribution is -2.36. The molecule has 0 fully saturated rings. The highest BCUT2D eigenvalue weighted by Crippen LogP contribution is 2.33. The van der Waals surface area contributed by atoms with Gasteiger partial charge >= 0.3 is 0 Å². The van der Waals surface area contributed by atoms with E-state index in [1.165, 1.54) is 12.1 Å². The van der Waals surface area contributed by atoms with E-state index in [2.05, 4.69) is 0 Å². The lowest BCUT2D eigenvalue weighted by atomic mass is 10.2. The predicted molar refractivity (Wildman–Crippen MR) is 89.0 cm³/mol. The van der Waals surface area contributed by atoms with Gasteiger partial charge in [0.1, 0.15) is 5.75 Å². The van der Waals surface area contributed by atoms with Gasteiger partial charge in [-0.3, -0.25) is 4.55 Å². The van der Waals surface area contributed by atoms with E-state index in [0.717, 1.165) is 0 Å². The summed E-state index contributed by atoms with van der Waals surface area (Å²) in [6.45, 7) is 6.14. The summed E-state index contributed by atoms with van der Waals surface area (Å²) in [5.41, 5.74) is 0.514. The summed E-state index contributed by atoms with van der Waals surface area (Å²) < 4.78 is 55.3. The molecule has 0 bridgehead atoms. The van der Waals surface area contributed by atoms with Gasteiger partial charge in [0.2, 0.25) is 5.82 Å². The van der Waals surface area contributed by atoms with E-state index in [0.29, 0.717) is 12.2 Å². The number of nitrogens with zero attached hydrogens (tertiary/aromatic N) is 1. The average Bonchev–Trinajstić information content (AvgIpc) is 2.47. The molecule has 0 aliphatic heterocycles. The van der Waals surface area contributed by atoms with Crippen LogP contribution in [0.25, 0.3) is 0 Å². The lowest BCUT2D eigenvalue weighted by molar-refractivity contribution is 0.200. The molecule has 9 heteroatoms. The van der Waals surface area contributed by atoms with E-state index in [9.17, 15) is 17.9 Å². The molecule has 7 nitrogen and oxygen atoms in total. The van der Waals surface area contributed by atoms with Crippen LogP contribution >= 0.6 is 0 Å². The van der Waals surface area contributed by atoms with Crippen LogP contribution in [0.3, 0.4) is 0 Å². The fourth-order valence-electron chi connectivity index (χ4n) is 2.23. The highest BCUT2D eigenvalue weighted by Gasteiger charge is 2.20. The standard InChI is InChI=1S/C15H24FNO6S/c1-4-17(9-12(18)10-24(19,20)21)11-7-13(22-5-2)15(16)14(8-11)23-6-3/h7-8,12,18H,4-6,9-10H2,1-3H3,(H,19,20,21). The maximum atomic E-state index is 14.2. The number of hydrogen-bond donors (Lipinski definition) is 2. The molecule has 24 heavy (non-hydrogen) atoms. The normalized spacial score (nSPS) is 12.8. The van der Waals surface area contributed by atoms with Crippen molar-refractivity contribution in [2.45, 2.75) is 26.9 Å². The van der Waals surface area contributed by atoms with Gasteiger partial charge in [0, 0.05) is 30.9 Å². The Morgan fingerprint density at radius 2 is 1.67 bits per heavy atom. The zero-order valence-electron chi connectivity index (χ0n) is 14.0. The van der Waals surface area contributed by atoms with Crippen molar-refractivity contribution in [3.63, 3.8) is 0 Å². The molecule has 0 aliphatic rings. The first-order valence-corrected chi connectivity index (χ1v) is 9.30. The fourth-order valence-corrected chi connectivity index (χ4v) is 2.82. The molecule has 0 amide bonds. The largest absolute Gasteiger partial charge is 0.491 e. The minimum Gasteiger partial charge on any atom is -0.491 e. The van der Waals surface area contributed by atoms with E-state index in [1.807, 2.05) is 0 Å². The summed E-state index contributed by atoms with van der Waals surface area (Å²) in [7, 11) is -4.29. The second-order valence-electron chi connectivity index (χ2n) is 5.06. The van der Waals surface area contributed by atoms with Crippen LogP contribution in [0.2, 0.25) is 0 Å². The Kier molecular flexibility index (Phi) is 7.71. The van der Waals surface area contributed by atoms with E-state index in [4.69, 9.17) is 14.0 Å². The molecule has 0 radical (unpaired) electrons. The zero-order valence-corrected chi connectivity index (χ0v) is 14.8. The molecule has 0 aliphatic carbocycles. The molecule has 1 unspecified atom stereocenters. The van der Waals surface area contributed by atoms with Crippen molar-refractivity contribution in [2.75, 3.05) is 37.0 Å². The molecule has 1 aromatic carbocycles. The first-order chi connectivity index (χ1) is 11.2. The fraction of sp³-hybridized carbons (Fsp3) is 0.600. The van der Waals surface area contributed by atoms with Gasteiger partial charge in [0.15, 0.2) is 11.5 Å². The first kappa shape index (κ1) is 20.5. The molecule has 0 heterocycles. The number of rotatable bonds is 10. The third-order valence-corrected chi connectivity index (χ3v) is 3.98. The van der Waals surface area contributed by atoms with Crippen molar-refractivity contribution in [3.8, 4) is 11.5 Å². The topological polar surface area (TPSA) is 96.3 Å². The average molecular weight is 365 g/mol. The van der Waals surface area contributed by atoms with Crippen molar-refractivity contribution < 1.29 is 31.9 Å². The minimum atomic E-state index is -4.29. The molecule has 1 aromatic rings. The van der Waals surface area contributed by atoms with Crippen LogP contribution in [0, 0.1) is 5.82 Å². The Balaban J connectivity index is 3.10. The van der Waals surface area contributed by atoms with Crippen LogP contribution in [-0.2, 0) is 10.1 Å². The molecule has 1 rings (SSSR count). The van der Waals surface area contributed by atoms with Gasteiger partial charge in [0.25, 0.3) is 10.1 Å². The molecular formula is C15H24FNO6S. The molecule has 0 saturated heterocycles. The van der Waals surface area contributed by atoms with Crippen molar-refractivity contribution in [1.82, 2.24) is 0 Å². The number of anilines is 1. The van der Waals surface area contributed by atoms with Gasteiger partial charge in [-0.15, -0.1) is 0 Å². The highest BCUT2D eigenvalue weighted by atomic mass is 32.2. The number of aliphatic hydroxyl groups is 1. The smallest absolute Gasteiger partial charge is 0.267 e. The van der Waals surface area contributed by atoms with Gasteiger partial charge < -0.3 is 19.5 Å². The SMILES string of the molecule is CCOc1cc(N(CC)CC(O)CS(=O)(=O)O)cc(OCC)c1F. The minimum absolute atomic E-state index is 0.0150. The third-order valence-electron chi connectivity index (χ3n) is 3.17. The number of aliphatic hydroxyl groups excluding tert-OH is 1. The van der Waals surface area contributed by atoms with Crippen molar-refractivity contribution in [1.29, 1.82) is 0 Å². The maximum absolute atomic E-state index is 14.2. The molecule has 1 atom stereocenters. The van der Waals surface area contributed by atoms with Gasteiger partial charge in [-0.1, -0.05) is 0 Å². The molecular weight excluding hydrogens is 341 g/mol. The second-order valence-corrected chi connectivity index (χ2v) is 6.56. The van der Waals surface area contributed by atoms with Crippen LogP contribution in [0.4, 0.5) is 10.1 Å². The summed E-state index contributed by atoms with van der Waals surface area (Å²) >= 11 is 0. The quantitative estimate of drug-likeness (QED) is 0.609. The van der Waals surface area contributed by atoms with E-state index >= 15 is 0 Å². The highest BCUT2D eigenvalue weighted by molar-refractivity contribution is 7.85. The zero-order chi connectivity index (χ0) is 18.3. The summed E-state index contributed by atoms with van der Waals surface area (Å²) in [5, 5.41) is 9.83. The van der Waals surface area contributed by atoms with Crippen LogP contribution in [0.15, 0.2) is 12.1 Å². The van der Waals surface area contributed by atoms with Crippen molar-refractivity contribution in [3.05, 3.63) is 17.9 Å². The molecule has 2 N–H and O–H groups in total. The van der Waals surface area contributed by atoms with E-state index in [1.54, 1.807) is 25.7 Å². The van der Waals surface area contributed by atoms with Gasteiger partial charge in [-0.25, -0.2) is 0 Å². The van der Waals surface area contributed by atoms with Crippen LogP contribution in [0.1, 0.15) is 20.8 Å². The Morgan fingerprint density at radius 1 is 1.17 bits per heavy atom. The number of ether oxygens (including phenoxy) is 2. The Hall–Kier alpha value is -1.58. The van der Waals surface area contributed by atoms with E-state index < -0.39 is 27.8 Å². The van der Waals surface area contributed by atoms with E-state index in [-0.39, 0.29) is 31.3 Å². The number of benzene rings is 1. The van der Waals surface area contributed by atoms with Crippen LogP contribution < -0.4 is 14.4 Å². The number of likely N-dealkylation sites (N-methyl/N-ethyl adjacent to an activating group) is 1. The Bertz CT molecular complexity index is 610. The Morgan fingerprint density at radius 3 is 2.04 bits per heavy atom. The summed E-state index contributed by atoms with van der Waals surface area (Å²) in [4.78, 5) is 1.64. The molecule has 0 aromatic heterocycles. The van der Waals surface area contributed by atoms with Crippen molar-refractivity contribution in [2.24, 2.45) is 0 Å². The van der Waals surface area contributed by atoms with Crippen LogP contribution in [0.5, 0.6) is 11.5 Å². The Labute approximate surface area is 141 Å². The monoisotopic (exact) mass is 365 g/mol. The van der Waals surface area contributed by atoms with Crippen LogP contribution in [-0.4, -0.2) is 56.2 Å². The van der Waals surface area contributed by atoms with Gasteiger partial charge in [-0.05, 0) is 20.8 Å². The molecule has 138 valence electrons. The number of halogens is 1. The van der Waals surface area contributed by atoms with Gasteiger partial charge in [0.05, 0.1) is 19.3 Å². The summed E-state index contributed by atoms with van der Waals surface area (Å²) in [5.74, 6) is -1.36. The first-order valence-electron chi connectivity index (χ1n) is 7.69. The van der Waals surface area contributed by atoms with Crippen molar-refractivity contribution >= 4 is 15.8 Å². The molecule has 0 saturated carbocycles. The number of hydrogen-bond acceptors (Lipinski definition) is 6. The molecule has 0 spiro atoms. The lowest BCUT2D eigenvalue weighted by Gasteiger charge is -2.26. The third kappa shape index (κ3) is 6.14. The second kappa shape index (κ2) is 9.05. The summed E-state index contributed by atoms with van der Waals surface area (Å²) in [6.07, 6.45) is -1.30.